The van der Waals surface area contributed by atoms with Crippen LogP contribution < -0.4 is 5.32 Å². The molecule has 1 fully saturated rings. The minimum atomic E-state index is -0.437. The molecule has 128 valence electrons. The molecule has 0 spiro atoms. The Hall–Kier alpha value is -1.55. The van der Waals surface area contributed by atoms with Crippen LogP contribution in [-0.2, 0) is 4.74 Å². The van der Waals surface area contributed by atoms with Crippen molar-refractivity contribution in [3.63, 3.8) is 0 Å². The van der Waals surface area contributed by atoms with Gasteiger partial charge in [0.05, 0.1) is 0 Å². The molecule has 1 aliphatic heterocycles. The maximum absolute atomic E-state index is 12.3. The van der Waals surface area contributed by atoms with E-state index in [1.54, 1.807) is 0 Å². The number of likely N-dealkylation sites (tertiary alicyclic amines) is 1. The van der Waals surface area contributed by atoms with Gasteiger partial charge < -0.3 is 15.0 Å². The third-order valence-electron chi connectivity index (χ3n) is 4.21. The highest BCUT2D eigenvalue weighted by Crippen LogP contribution is 2.31. The first-order valence-corrected chi connectivity index (χ1v) is 8.58. The zero-order chi connectivity index (χ0) is 17.0. The van der Waals surface area contributed by atoms with E-state index in [9.17, 15) is 4.79 Å². The predicted molar refractivity (Wildman–Crippen MR) is 93.5 cm³/mol. The Morgan fingerprint density at radius 3 is 2.57 bits per heavy atom. The third kappa shape index (κ3) is 4.96. The van der Waals surface area contributed by atoms with Crippen LogP contribution in [0.3, 0.4) is 0 Å². The van der Waals surface area contributed by atoms with Crippen LogP contribution in [0.25, 0.3) is 0 Å². The summed E-state index contributed by atoms with van der Waals surface area (Å²) in [5.74, 6) is 0.421. The number of rotatable bonds is 4. The maximum atomic E-state index is 12.3. The number of aryl methyl sites for hydroxylation is 1. The summed E-state index contributed by atoms with van der Waals surface area (Å²) in [5, 5.41) is 3.59. The number of hydrogen-bond donors (Lipinski definition) is 1. The molecule has 2 rings (SSSR count). The summed E-state index contributed by atoms with van der Waals surface area (Å²) in [6.45, 7) is 12.4. The Labute approximate surface area is 140 Å². The number of nitrogens with one attached hydrogen (secondary N) is 1. The zero-order valence-corrected chi connectivity index (χ0v) is 15.1. The molecule has 1 aromatic rings. The fourth-order valence-corrected chi connectivity index (χ4v) is 3.10. The third-order valence-corrected chi connectivity index (χ3v) is 4.21. The summed E-state index contributed by atoms with van der Waals surface area (Å²) in [6.07, 6.45) is 0.810. The van der Waals surface area contributed by atoms with Gasteiger partial charge >= 0.3 is 6.09 Å². The van der Waals surface area contributed by atoms with E-state index < -0.39 is 5.60 Å². The van der Waals surface area contributed by atoms with Crippen molar-refractivity contribution >= 4 is 6.09 Å². The van der Waals surface area contributed by atoms with Crippen LogP contribution in [-0.4, -0.2) is 36.2 Å². The minimum absolute atomic E-state index is 0.195. The summed E-state index contributed by atoms with van der Waals surface area (Å²) in [5.41, 5.74) is 2.13. The Morgan fingerprint density at radius 2 is 2.00 bits per heavy atom. The van der Waals surface area contributed by atoms with Gasteiger partial charge in [0, 0.05) is 19.1 Å². The molecule has 0 aromatic heterocycles. The second-order valence-corrected chi connectivity index (χ2v) is 7.42. The molecular weight excluding hydrogens is 288 g/mol. The second-order valence-electron chi connectivity index (χ2n) is 7.42. The van der Waals surface area contributed by atoms with Crippen LogP contribution in [0.5, 0.6) is 0 Å². The summed E-state index contributed by atoms with van der Waals surface area (Å²) >= 11 is 0. The van der Waals surface area contributed by atoms with Gasteiger partial charge in [0.15, 0.2) is 0 Å². The standard InChI is InChI=1S/C19H30N2O2/c1-6-20-17(15-9-7-14(2)8-10-15)16-11-12-21(13-16)18(22)23-19(3,4)5/h7-10,16-17,20H,6,11-13H2,1-5H3. The zero-order valence-electron chi connectivity index (χ0n) is 15.1. The van der Waals surface area contributed by atoms with E-state index in [4.69, 9.17) is 4.74 Å². The highest BCUT2D eigenvalue weighted by molar-refractivity contribution is 5.68. The van der Waals surface area contributed by atoms with Crippen LogP contribution in [0.2, 0.25) is 0 Å². The Bertz CT molecular complexity index is 519. The first kappa shape index (κ1) is 17.8. The van der Waals surface area contributed by atoms with Crippen LogP contribution in [0.4, 0.5) is 4.79 Å². The molecule has 1 amide bonds. The number of amides is 1. The van der Waals surface area contributed by atoms with E-state index in [-0.39, 0.29) is 12.1 Å². The molecule has 2 atom stereocenters. The van der Waals surface area contributed by atoms with Crippen molar-refractivity contribution in [2.75, 3.05) is 19.6 Å². The molecule has 23 heavy (non-hydrogen) atoms. The van der Waals surface area contributed by atoms with Crippen molar-refractivity contribution in [3.05, 3.63) is 35.4 Å². The number of nitrogens with zero attached hydrogens (tertiary/aromatic N) is 1. The monoisotopic (exact) mass is 318 g/mol. The number of ether oxygens (including phenoxy) is 1. The highest BCUT2D eigenvalue weighted by atomic mass is 16.6. The number of benzene rings is 1. The van der Waals surface area contributed by atoms with E-state index in [0.29, 0.717) is 5.92 Å². The molecule has 4 heteroatoms. The molecule has 0 bridgehead atoms. The molecular formula is C19H30N2O2. The SMILES string of the molecule is CCNC(c1ccc(C)cc1)C1CCN(C(=O)OC(C)(C)C)C1. The van der Waals surface area contributed by atoms with Crippen LogP contribution in [0.1, 0.15) is 51.3 Å². The van der Waals surface area contributed by atoms with Gasteiger partial charge in [0.2, 0.25) is 0 Å². The van der Waals surface area contributed by atoms with Crippen molar-refractivity contribution in [2.45, 2.75) is 52.7 Å². The summed E-state index contributed by atoms with van der Waals surface area (Å²) in [4.78, 5) is 14.1. The lowest BCUT2D eigenvalue weighted by atomic mass is 9.91. The molecule has 1 saturated heterocycles. The van der Waals surface area contributed by atoms with E-state index in [1.807, 2.05) is 25.7 Å². The second kappa shape index (κ2) is 7.35. The van der Waals surface area contributed by atoms with Crippen molar-refractivity contribution in [1.82, 2.24) is 10.2 Å². The molecule has 1 aliphatic rings. The van der Waals surface area contributed by atoms with Gasteiger partial charge in [-0.3, -0.25) is 0 Å². The van der Waals surface area contributed by atoms with Gasteiger partial charge in [0.1, 0.15) is 5.60 Å². The normalized spacial score (nSPS) is 19.7. The topological polar surface area (TPSA) is 41.6 Å². The maximum Gasteiger partial charge on any atom is 0.410 e. The van der Waals surface area contributed by atoms with Crippen LogP contribution in [0.15, 0.2) is 24.3 Å². The quantitative estimate of drug-likeness (QED) is 0.915. The van der Waals surface area contributed by atoms with E-state index >= 15 is 0 Å². The lowest BCUT2D eigenvalue weighted by Gasteiger charge is -2.27. The number of hydrogen-bond acceptors (Lipinski definition) is 3. The Kier molecular flexibility index (Phi) is 5.69. The predicted octanol–water partition coefficient (Wildman–Crippen LogP) is 3.90. The van der Waals surface area contributed by atoms with Gasteiger partial charge in [-0.15, -0.1) is 0 Å². The Balaban J connectivity index is 2.04. The van der Waals surface area contributed by atoms with Gasteiger partial charge in [-0.25, -0.2) is 4.79 Å². The lowest BCUT2D eigenvalue weighted by Crippen LogP contribution is -2.36. The van der Waals surface area contributed by atoms with Gasteiger partial charge in [-0.2, -0.15) is 0 Å². The molecule has 2 unspecified atom stereocenters. The van der Waals surface area contributed by atoms with Crippen molar-refractivity contribution in [2.24, 2.45) is 5.92 Å². The first-order valence-electron chi connectivity index (χ1n) is 8.58. The van der Waals surface area contributed by atoms with Crippen LogP contribution >= 0.6 is 0 Å². The first-order chi connectivity index (χ1) is 10.8. The van der Waals surface area contributed by atoms with Crippen molar-refractivity contribution < 1.29 is 9.53 Å². The number of carbonyl (C=O) groups excluding carboxylic acids is 1. The average molecular weight is 318 g/mol. The van der Waals surface area contributed by atoms with E-state index in [2.05, 4.69) is 43.4 Å². The number of carbonyl (C=O) groups is 1. The molecule has 0 radical (unpaired) electrons. The minimum Gasteiger partial charge on any atom is -0.444 e. The van der Waals surface area contributed by atoms with Crippen molar-refractivity contribution in [1.29, 1.82) is 0 Å². The fraction of sp³-hybridized carbons (Fsp3) is 0.632. The Morgan fingerprint density at radius 1 is 1.35 bits per heavy atom. The van der Waals surface area contributed by atoms with Gasteiger partial charge in [0.25, 0.3) is 0 Å². The molecule has 0 saturated carbocycles. The van der Waals surface area contributed by atoms with Crippen LogP contribution in [0, 0.1) is 12.8 Å². The molecule has 1 heterocycles. The molecule has 1 aromatic carbocycles. The molecule has 0 aliphatic carbocycles. The highest BCUT2D eigenvalue weighted by Gasteiger charge is 2.34. The van der Waals surface area contributed by atoms with Crippen molar-refractivity contribution in [3.8, 4) is 0 Å². The average Bonchev–Trinajstić information content (AvgIpc) is 2.94. The summed E-state index contributed by atoms with van der Waals surface area (Å²) < 4.78 is 5.50. The van der Waals surface area contributed by atoms with E-state index in [0.717, 1.165) is 26.1 Å². The largest absolute Gasteiger partial charge is 0.444 e. The van der Waals surface area contributed by atoms with Gasteiger partial charge in [-0.05, 0) is 52.1 Å². The van der Waals surface area contributed by atoms with E-state index in [1.165, 1.54) is 11.1 Å². The molecule has 1 N–H and O–H groups in total. The fourth-order valence-electron chi connectivity index (χ4n) is 3.10. The summed E-state index contributed by atoms with van der Waals surface area (Å²) in [6, 6.07) is 8.98. The van der Waals surface area contributed by atoms with Gasteiger partial charge in [-0.1, -0.05) is 36.8 Å². The summed E-state index contributed by atoms with van der Waals surface area (Å²) in [7, 11) is 0. The molecule has 4 nitrogen and oxygen atoms in total. The smallest absolute Gasteiger partial charge is 0.410 e. The lowest BCUT2D eigenvalue weighted by molar-refractivity contribution is 0.0285.